The van der Waals surface area contributed by atoms with Gasteiger partial charge in [0.15, 0.2) is 0 Å². The lowest BCUT2D eigenvalue weighted by atomic mass is 9.99. The minimum atomic E-state index is -0.364. The van der Waals surface area contributed by atoms with Crippen LogP contribution in [0.5, 0.6) is 0 Å². The van der Waals surface area contributed by atoms with E-state index in [0.717, 1.165) is 16.0 Å². The van der Waals surface area contributed by atoms with Crippen molar-refractivity contribution in [2.45, 2.75) is 26.7 Å². The van der Waals surface area contributed by atoms with Crippen LogP contribution in [0.15, 0.2) is 18.2 Å². The Morgan fingerprint density at radius 3 is 2.65 bits per heavy atom. The van der Waals surface area contributed by atoms with Gasteiger partial charge in [-0.2, -0.15) is 4.37 Å². The van der Waals surface area contributed by atoms with Crippen LogP contribution in [0.4, 0.5) is 0 Å². The van der Waals surface area contributed by atoms with Crippen molar-refractivity contribution in [3.8, 4) is 11.3 Å². The van der Waals surface area contributed by atoms with Gasteiger partial charge >= 0.3 is 5.97 Å². The molecular weight excluding hydrogens is 294 g/mol. The number of benzene rings is 1. The third-order valence-electron chi connectivity index (χ3n) is 3.09. The summed E-state index contributed by atoms with van der Waals surface area (Å²) in [5.74, 6) is -0.157. The summed E-state index contributed by atoms with van der Waals surface area (Å²) >= 11 is 7.62. The Labute approximate surface area is 127 Å². The summed E-state index contributed by atoms with van der Waals surface area (Å²) in [5, 5.41) is 0.593. The van der Waals surface area contributed by atoms with E-state index in [4.69, 9.17) is 16.3 Å². The minimum Gasteiger partial charge on any atom is -0.465 e. The third kappa shape index (κ3) is 2.58. The van der Waals surface area contributed by atoms with E-state index in [-0.39, 0.29) is 11.9 Å². The molecule has 2 aromatic rings. The molecule has 3 nitrogen and oxygen atoms in total. The van der Waals surface area contributed by atoms with Crippen LogP contribution in [0.1, 0.15) is 40.6 Å². The number of rotatable bonds is 3. The number of hydrogen-bond donors (Lipinski definition) is 0. The number of aromatic nitrogens is 1. The molecule has 0 saturated carbocycles. The van der Waals surface area contributed by atoms with E-state index in [2.05, 4.69) is 4.37 Å². The van der Waals surface area contributed by atoms with E-state index < -0.39 is 0 Å². The van der Waals surface area contributed by atoms with Crippen molar-refractivity contribution < 1.29 is 9.53 Å². The van der Waals surface area contributed by atoms with Gasteiger partial charge in [0.05, 0.1) is 12.1 Å². The number of nitrogens with zero attached hydrogens (tertiary/aromatic N) is 1. The topological polar surface area (TPSA) is 39.2 Å². The maximum absolute atomic E-state index is 12.1. The zero-order chi connectivity index (χ0) is 14.9. The second-order valence-corrected chi connectivity index (χ2v) is 6.06. The van der Waals surface area contributed by atoms with E-state index in [1.54, 1.807) is 6.07 Å². The lowest BCUT2D eigenvalue weighted by Gasteiger charge is -2.09. The fourth-order valence-electron chi connectivity index (χ4n) is 2.10. The van der Waals surface area contributed by atoms with Crippen LogP contribution in [-0.2, 0) is 4.74 Å². The number of aryl methyl sites for hydroxylation is 1. The Kier molecular flexibility index (Phi) is 4.45. The van der Waals surface area contributed by atoms with Gasteiger partial charge in [-0.3, -0.25) is 0 Å². The monoisotopic (exact) mass is 309 g/mol. The molecule has 0 atom stereocenters. The molecule has 0 saturated heterocycles. The maximum Gasteiger partial charge on any atom is 0.341 e. The average molecular weight is 310 g/mol. The number of esters is 1. The van der Waals surface area contributed by atoms with Gasteiger partial charge in [0.2, 0.25) is 0 Å². The maximum atomic E-state index is 12.1. The molecule has 0 N–H and O–H groups in total. The summed E-state index contributed by atoms with van der Waals surface area (Å²) in [5.41, 5.74) is 2.94. The van der Waals surface area contributed by atoms with Gasteiger partial charge in [0.1, 0.15) is 11.3 Å². The summed E-state index contributed by atoms with van der Waals surface area (Å²) in [7, 11) is 1.38. The van der Waals surface area contributed by atoms with E-state index >= 15 is 0 Å². The number of carbonyl (C=O) groups excluding carboxylic acids is 1. The van der Waals surface area contributed by atoms with Gasteiger partial charge in [0, 0.05) is 10.4 Å². The van der Waals surface area contributed by atoms with Crippen molar-refractivity contribution >= 4 is 29.1 Å². The molecule has 1 aromatic heterocycles. The summed E-state index contributed by atoms with van der Waals surface area (Å²) < 4.78 is 9.37. The van der Waals surface area contributed by atoms with Crippen LogP contribution >= 0.6 is 23.1 Å². The smallest absolute Gasteiger partial charge is 0.341 e. The molecule has 20 heavy (non-hydrogen) atoms. The predicted molar refractivity (Wildman–Crippen MR) is 82.7 cm³/mol. The molecule has 106 valence electrons. The van der Waals surface area contributed by atoms with Crippen LogP contribution < -0.4 is 0 Å². The van der Waals surface area contributed by atoms with Gasteiger partial charge in [-0.1, -0.05) is 37.6 Å². The third-order valence-corrected chi connectivity index (χ3v) is 4.55. The molecule has 0 spiro atoms. The zero-order valence-corrected chi connectivity index (χ0v) is 13.4. The van der Waals surface area contributed by atoms with Crippen LogP contribution in [0.3, 0.4) is 0 Å². The fourth-order valence-corrected chi connectivity index (χ4v) is 3.26. The molecule has 5 heteroatoms. The summed E-state index contributed by atoms with van der Waals surface area (Å²) in [4.78, 5) is 13.0. The average Bonchev–Trinajstić information content (AvgIpc) is 2.82. The molecule has 0 bridgehead atoms. The second kappa shape index (κ2) is 5.94. The lowest BCUT2D eigenvalue weighted by molar-refractivity contribution is 0.0600. The Hall–Kier alpha value is -1.39. The fraction of sp³-hybridized carbons (Fsp3) is 0.333. The van der Waals surface area contributed by atoms with E-state index in [9.17, 15) is 4.79 Å². The van der Waals surface area contributed by atoms with Gasteiger partial charge in [0.25, 0.3) is 0 Å². The number of carbonyl (C=O) groups is 1. The molecule has 0 aliphatic rings. The first-order chi connectivity index (χ1) is 9.47. The van der Waals surface area contributed by atoms with Crippen molar-refractivity contribution in [1.82, 2.24) is 4.37 Å². The van der Waals surface area contributed by atoms with Gasteiger partial charge < -0.3 is 4.74 Å². The SMILES string of the molecule is COC(=O)c1c(-c2c(C)cccc2Cl)nsc1C(C)C. The first-order valence-corrected chi connectivity index (χ1v) is 7.45. The standard InChI is InChI=1S/C15H16ClNO2S/c1-8(2)14-12(15(18)19-4)13(17-20-14)11-9(3)6-5-7-10(11)16/h5-8H,1-4H3. The molecule has 1 heterocycles. The van der Waals surface area contributed by atoms with Gasteiger partial charge in [-0.25, -0.2) is 4.79 Å². The van der Waals surface area contributed by atoms with Crippen molar-refractivity contribution in [1.29, 1.82) is 0 Å². The molecule has 0 fully saturated rings. The highest BCUT2D eigenvalue weighted by molar-refractivity contribution is 7.06. The first-order valence-electron chi connectivity index (χ1n) is 6.30. The molecule has 0 unspecified atom stereocenters. The van der Waals surface area contributed by atoms with Crippen molar-refractivity contribution in [3.05, 3.63) is 39.2 Å². The molecule has 1 aromatic carbocycles. The molecule has 0 amide bonds. The highest BCUT2D eigenvalue weighted by Gasteiger charge is 2.26. The number of halogens is 1. The summed E-state index contributed by atoms with van der Waals surface area (Å²) in [6, 6.07) is 5.64. The van der Waals surface area contributed by atoms with E-state index in [1.807, 2.05) is 32.9 Å². The Bertz CT molecular complexity index is 629. The lowest BCUT2D eigenvalue weighted by Crippen LogP contribution is -2.06. The normalized spacial score (nSPS) is 10.9. The number of methoxy groups -OCH3 is 1. The highest BCUT2D eigenvalue weighted by Crippen LogP contribution is 2.38. The van der Waals surface area contributed by atoms with Crippen molar-refractivity contribution in [2.24, 2.45) is 0 Å². The Balaban J connectivity index is 2.72. The molecule has 0 aliphatic carbocycles. The minimum absolute atomic E-state index is 0.207. The predicted octanol–water partition coefficient (Wildman–Crippen LogP) is 4.68. The van der Waals surface area contributed by atoms with Crippen molar-refractivity contribution in [3.63, 3.8) is 0 Å². The summed E-state index contributed by atoms with van der Waals surface area (Å²) in [6.45, 7) is 6.02. The van der Waals surface area contributed by atoms with Crippen molar-refractivity contribution in [2.75, 3.05) is 7.11 Å². The summed E-state index contributed by atoms with van der Waals surface area (Å²) in [6.07, 6.45) is 0. The number of ether oxygens (including phenoxy) is 1. The Morgan fingerprint density at radius 2 is 2.10 bits per heavy atom. The molecule has 0 aliphatic heterocycles. The second-order valence-electron chi connectivity index (χ2n) is 4.85. The van der Waals surface area contributed by atoms with Gasteiger partial charge in [-0.05, 0) is 36.0 Å². The molecule has 2 rings (SSSR count). The quantitative estimate of drug-likeness (QED) is 0.773. The molecule has 0 radical (unpaired) electrons. The zero-order valence-electron chi connectivity index (χ0n) is 11.9. The van der Waals surface area contributed by atoms with Crippen LogP contribution in [0, 0.1) is 6.92 Å². The van der Waals surface area contributed by atoms with E-state index in [1.165, 1.54) is 18.6 Å². The van der Waals surface area contributed by atoms with E-state index in [0.29, 0.717) is 16.3 Å². The largest absolute Gasteiger partial charge is 0.465 e. The van der Waals surface area contributed by atoms with Crippen LogP contribution in [0.25, 0.3) is 11.3 Å². The first kappa shape index (κ1) is 15.0. The highest BCUT2D eigenvalue weighted by atomic mass is 35.5. The molecular formula is C15H16ClNO2S. The van der Waals surface area contributed by atoms with Crippen LogP contribution in [0.2, 0.25) is 5.02 Å². The Morgan fingerprint density at radius 1 is 1.40 bits per heavy atom. The van der Waals surface area contributed by atoms with Gasteiger partial charge in [-0.15, -0.1) is 0 Å². The van der Waals surface area contributed by atoms with Crippen LogP contribution in [-0.4, -0.2) is 17.5 Å². The number of hydrogen-bond acceptors (Lipinski definition) is 4.